The predicted molar refractivity (Wildman–Crippen MR) is 80.9 cm³/mol. The van der Waals surface area contributed by atoms with Gasteiger partial charge in [-0.3, -0.25) is 0 Å². The number of nitriles is 1. The van der Waals surface area contributed by atoms with E-state index in [4.69, 9.17) is 21.6 Å². The molecule has 0 unspecified atom stereocenters. The summed E-state index contributed by atoms with van der Waals surface area (Å²) in [6.45, 7) is 3.93. The van der Waals surface area contributed by atoms with E-state index in [1.807, 2.05) is 52.3 Å². The number of hydrogen-bond acceptors (Lipinski definition) is 3. The van der Waals surface area contributed by atoms with Crippen LogP contribution in [-0.4, -0.2) is 30.4 Å². The van der Waals surface area contributed by atoms with E-state index in [-0.39, 0.29) is 0 Å². The molecule has 1 aliphatic rings. The fourth-order valence-corrected chi connectivity index (χ4v) is 2.35. The first-order chi connectivity index (χ1) is 9.34. The Morgan fingerprint density at radius 2 is 2.10 bits per heavy atom. The second-order valence-corrected chi connectivity index (χ2v) is 5.77. The number of likely N-dealkylation sites (N-methyl/N-ethyl adjacent to an activating group) is 1. The van der Waals surface area contributed by atoms with Gasteiger partial charge in [-0.2, -0.15) is 10.3 Å². The summed E-state index contributed by atoms with van der Waals surface area (Å²) in [6, 6.07) is 5.45. The number of hydrogen-bond donors (Lipinski definition) is 0. The second-order valence-electron chi connectivity index (χ2n) is 5.33. The minimum absolute atomic E-state index is 0.470. The number of nitrogens with zero attached hydrogens (tertiary/aromatic N) is 3. The first-order valence-electron chi connectivity index (χ1n) is 6.20. The fraction of sp³-hybridized carbons (Fsp3) is 0.333. The van der Waals surface area contributed by atoms with Gasteiger partial charge in [0.25, 0.3) is 0 Å². The molecule has 0 fully saturated rings. The number of rotatable bonds is 1. The van der Waals surface area contributed by atoms with Crippen molar-refractivity contribution in [2.75, 3.05) is 14.1 Å². The van der Waals surface area contributed by atoms with E-state index < -0.39 is 5.60 Å². The molecule has 2 rings (SSSR count). The number of ether oxygens (including phenoxy) is 1. The zero-order valence-electron chi connectivity index (χ0n) is 11.9. The molecule has 0 atom stereocenters. The highest BCUT2D eigenvalue weighted by molar-refractivity contribution is 6.31. The van der Waals surface area contributed by atoms with Gasteiger partial charge in [0.1, 0.15) is 17.2 Å². The van der Waals surface area contributed by atoms with Crippen LogP contribution in [0.25, 0.3) is 5.57 Å². The van der Waals surface area contributed by atoms with Crippen molar-refractivity contribution in [1.29, 1.82) is 5.26 Å². The van der Waals surface area contributed by atoms with Gasteiger partial charge in [-0.15, -0.1) is 0 Å². The smallest absolute Gasteiger partial charge is 0.207 e. The fourth-order valence-electron chi connectivity index (χ4n) is 2.17. The standard InChI is InChI=1S/C15H16ClN3O/c1-15(2)8-12(14(18-9-17)19(3)4)11-7-10(16)5-6-13(11)20-15/h5-8H,1-4H3. The average Bonchev–Trinajstić information content (AvgIpc) is 2.35. The summed E-state index contributed by atoms with van der Waals surface area (Å²) in [5.41, 5.74) is 1.23. The molecule has 104 valence electrons. The van der Waals surface area contributed by atoms with Crippen molar-refractivity contribution in [1.82, 2.24) is 4.90 Å². The van der Waals surface area contributed by atoms with Crippen LogP contribution in [0.5, 0.6) is 5.75 Å². The first kappa shape index (κ1) is 14.4. The van der Waals surface area contributed by atoms with Gasteiger partial charge in [-0.25, -0.2) is 0 Å². The molecule has 0 saturated carbocycles. The molecule has 0 aliphatic carbocycles. The monoisotopic (exact) mass is 289 g/mol. The summed E-state index contributed by atoms with van der Waals surface area (Å²) in [5, 5.41) is 9.52. The van der Waals surface area contributed by atoms with Crippen LogP contribution >= 0.6 is 11.6 Å². The Balaban J connectivity index is 2.66. The van der Waals surface area contributed by atoms with E-state index in [2.05, 4.69) is 4.99 Å². The van der Waals surface area contributed by atoms with Crippen molar-refractivity contribution in [3.05, 3.63) is 34.9 Å². The highest BCUT2D eigenvalue weighted by Crippen LogP contribution is 2.38. The minimum Gasteiger partial charge on any atom is -0.483 e. The molecule has 1 aromatic carbocycles. The van der Waals surface area contributed by atoms with Crippen LogP contribution in [0.1, 0.15) is 19.4 Å². The van der Waals surface area contributed by atoms with Gasteiger partial charge in [0.15, 0.2) is 0 Å². The zero-order chi connectivity index (χ0) is 14.9. The second kappa shape index (κ2) is 5.18. The van der Waals surface area contributed by atoms with Crippen LogP contribution in [0.15, 0.2) is 29.3 Å². The van der Waals surface area contributed by atoms with Crippen LogP contribution in [0.4, 0.5) is 0 Å². The van der Waals surface area contributed by atoms with Crippen molar-refractivity contribution in [2.45, 2.75) is 19.4 Å². The molecule has 0 spiro atoms. The van der Waals surface area contributed by atoms with E-state index in [1.165, 1.54) is 0 Å². The van der Waals surface area contributed by atoms with E-state index >= 15 is 0 Å². The number of fused-ring (bicyclic) bond motifs is 1. The summed E-state index contributed by atoms with van der Waals surface area (Å²) in [5.74, 6) is 1.33. The summed E-state index contributed by atoms with van der Waals surface area (Å²) < 4.78 is 5.92. The van der Waals surface area contributed by atoms with Crippen molar-refractivity contribution < 1.29 is 4.74 Å². The first-order valence-corrected chi connectivity index (χ1v) is 6.58. The third-order valence-corrected chi connectivity index (χ3v) is 3.15. The lowest BCUT2D eigenvalue weighted by Gasteiger charge is -2.32. The summed E-state index contributed by atoms with van der Waals surface area (Å²) >= 11 is 6.07. The molecule has 20 heavy (non-hydrogen) atoms. The lowest BCUT2D eigenvalue weighted by Crippen LogP contribution is -2.33. The number of halogens is 1. The molecule has 4 nitrogen and oxygen atoms in total. The van der Waals surface area contributed by atoms with Crippen molar-refractivity contribution in [3.63, 3.8) is 0 Å². The quantitative estimate of drug-likeness (QED) is 0.453. The van der Waals surface area contributed by atoms with Gasteiger partial charge in [0.05, 0.1) is 0 Å². The van der Waals surface area contributed by atoms with Gasteiger partial charge in [0.2, 0.25) is 6.19 Å². The molecule has 1 aliphatic heterocycles. The topological polar surface area (TPSA) is 48.6 Å². The molecular formula is C15H16ClN3O. The lowest BCUT2D eigenvalue weighted by atomic mass is 9.93. The zero-order valence-corrected chi connectivity index (χ0v) is 12.7. The molecule has 1 heterocycles. The Morgan fingerprint density at radius 3 is 2.70 bits per heavy atom. The summed E-state index contributed by atoms with van der Waals surface area (Å²) in [7, 11) is 3.70. The van der Waals surface area contributed by atoms with Crippen molar-refractivity contribution in [2.24, 2.45) is 4.99 Å². The van der Waals surface area contributed by atoms with E-state index in [1.54, 1.807) is 11.0 Å². The Morgan fingerprint density at radius 1 is 1.40 bits per heavy atom. The van der Waals surface area contributed by atoms with Crippen LogP contribution in [0.2, 0.25) is 5.02 Å². The molecule has 0 N–H and O–H groups in total. The maximum absolute atomic E-state index is 8.90. The number of aliphatic imine (C=N–C) groups is 1. The number of amidine groups is 1. The van der Waals surface area contributed by atoms with Gasteiger partial charge < -0.3 is 9.64 Å². The molecular weight excluding hydrogens is 274 g/mol. The predicted octanol–water partition coefficient (Wildman–Crippen LogP) is 3.34. The van der Waals surface area contributed by atoms with Crippen molar-refractivity contribution in [3.8, 4) is 11.9 Å². The molecule has 0 bridgehead atoms. The van der Waals surface area contributed by atoms with E-state index in [0.717, 1.165) is 16.9 Å². The maximum Gasteiger partial charge on any atom is 0.207 e. The van der Waals surface area contributed by atoms with Crippen LogP contribution in [-0.2, 0) is 0 Å². The Hall–Kier alpha value is -1.99. The highest BCUT2D eigenvalue weighted by atomic mass is 35.5. The van der Waals surface area contributed by atoms with Crippen molar-refractivity contribution >= 4 is 23.0 Å². The highest BCUT2D eigenvalue weighted by Gasteiger charge is 2.29. The maximum atomic E-state index is 8.90. The van der Waals surface area contributed by atoms with E-state index in [0.29, 0.717) is 10.9 Å². The molecule has 5 heteroatoms. The largest absolute Gasteiger partial charge is 0.483 e. The van der Waals surface area contributed by atoms with Gasteiger partial charge in [-0.05, 0) is 38.1 Å². The lowest BCUT2D eigenvalue weighted by molar-refractivity contribution is 0.158. The van der Waals surface area contributed by atoms with Gasteiger partial charge >= 0.3 is 0 Å². The third kappa shape index (κ3) is 2.78. The normalized spacial score (nSPS) is 16.6. The Labute approximate surface area is 123 Å². The average molecular weight is 290 g/mol. The van der Waals surface area contributed by atoms with Crippen LogP contribution < -0.4 is 4.74 Å². The summed E-state index contributed by atoms with van der Waals surface area (Å²) in [4.78, 5) is 5.73. The van der Waals surface area contributed by atoms with Gasteiger partial charge in [-0.1, -0.05) is 11.6 Å². The SMILES string of the molecule is CN(C)C(=NC#N)C1=CC(C)(C)Oc2ccc(Cl)cc21. The summed E-state index contributed by atoms with van der Waals surface area (Å²) in [6.07, 6.45) is 3.81. The molecule has 0 saturated heterocycles. The van der Waals surface area contributed by atoms with E-state index in [9.17, 15) is 0 Å². The number of benzene rings is 1. The Bertz CT molecular complexity index is 639. The van der Waals surface area contributed by atoms with Gasteiger partial charge in [0, 0.05) is 30.3 Å². The van der Waals surface area contributed by atoms with Crippen LogP contribution in [0, 0.1) is 11.5 Å². The molecule has 0 aromatic heterocycles. The minimum atomic E-state index is -0.470. The molecule has 0 amide bonds. The third-order valence-electron chi connectivity index (χ3n) is 2.92. The van der Waals surface area contributed by atoms with Crippen LogP contribution in [0.3, 0.4) is 0 Å². The molecule has 1 aromatic rings. The Kier molecular flexibility index (Phi) is 3.74. The molecule has 0 radical (unpaired) electrons.